The van der Waals surface area contributed by atoms with E-state index in [9.17, 15) is 0 Å². The van der Waals surface area contributed by atoms with Gasteiger partial charge in [0, 0.05) is 13.2 Å². The minimum absolute atomic E-state index is 1.57. The number of ether oxygens (including phenoxy) is 1. The van der Waals surface area contributed by atoms with Crippen molar-refractivity contribution in [1.29, 1.82) is 0 Å². The fraction of sp³-hybridized carbons (Fsp3) is 0.250. The average Bonchev–Trinajstić information content (AvgIpc) is 1.86. The first-order valence-corrected chi connectivity index (χ1v) is 1.70. The van der Waals surface area contributed by atoms with Crippen molar-refractivity contribution in [2.24, 2.45) is 0 Å². The molecule has 0 fully saturated rings. The standard InChI is InChI=1S/C4H5NO/c1-5-2-3-6-4-5/h2-3H,1H3. The summed E-state index contributed by atoms with van der Waals surface area (Å²) in [6.07, 6.45) is 3.35. The Morgan fingerprint density at radius 3 is 2.83 bits per heavy atom. The Morgan fingerprint density at radius 1 is 1.83 bits per heavy atom. The zero-order chi connectivity index (χ0) is 4.41. The molecule has 0 saturated carbocycles. The molecule has 0 atom stereocenters. The van der Waals surface area contributed by atoms with Crippen LogP contribution in [0.25, 0.3) is 0 Å². The fourth-order valence-electron chi connectivity index (χ4n) is 0.266. The highest BCUT2D eigenvalue weighted by Gasteiger charge is 1.97. The SMILES string of the molecule is CN1[C]OC=C1. The van der Waals surface area contributed by atoms with Gasteiger partial charge in [-0.15, -0.1) is 0 Å². The molecule has 1 rings (SSSR count). The van der Waals surface area contributed by atoms with E-state index in [0.717, 1.165) is 0 Å². The third kappa shape index (κ3) is 0.455. The summed E-state index contributed by atoms with van der Waals surface area (Å²) in [7, 11) is 1.85. The van der Waals surface area contributed by atoms with E-state index in [1.165, 1.54) is 0 Å². The van der Waals surface area contributed by atoms with Gasteiger partial charge in [0.25, 0.3) is 0 Å². The Labute approximate surface area is 37.0 Å². The van der Waals surface area contributed by atoms with Gasteiger partial charge in [-0.25, -0.2) is 0 Å². The molecule has 32 valence electrons. The summed E-state index contributed by atoms with van der Waals surface area (Å²) in [5.41, 5.74) is 0. The molecule has 1 aliphatic rings. The fourth-order valence-corrected chi connectivity index (χ4v) is 0.266. The van der Waals surface area contributed by atoms with Crippen molar-refractivity contribution >= 4 is 0 Å². The first kappa shape index (κ1) is 3.53. The summed E-state index contributed by atoms with van der Waals surface area (Å²) >= 11 is 0. The monoisotopic (exact) mass is 83.0 g/mol. The molecule has 0 saturated heterocycles. The van der Waals surface area contributed by atoms with Gasteiger partial charge < -0.3 is 9.64 Å². The van der Waals surface area contributed by atoms with Crippen molar-refractivity contribution in [3.8, 4) is 0 Å². The van der Waals surface area contributed by atoms with E-state index < -0.39 is 0 Å². The molecule has 0 spiro atoms. The molecule has 0 aliphatic carbocycles. The van der Waals surface area contributed by atoms with E-state index in [1.807, 2.05) is 7.05 Å². The van der Waals surface area contributed by atoms with Crippen LogP contribution in [0, 0.1) is 6.73 Å². The molecule has 1 heterocycles. The summed E-state index contributed by atoms with van der Waals surface area (Å²) < 4.78 is 4.55. The minimum Gasteiger partial charge on any atom is -0.462 e. The van der Waals surface area contributed by atoms with Gasteiger partial charge in [-0.2, -0.15) is 0 Å². The van der Waals surface area contributed by atoms with Crippen LogP contribution < -0.4 is 0 Å². The van der Waals surface area contributed by atoms with Crippen LogP contribution in [0.5, 0.6) is 0 Å². The summed E-state index contributed by atoms with van der Waals surface area (Å²) in [6, 6.07) is 0. The van der Waals surface area contributed by atoms with E-state index in [1.54, 1.807) is 17.4 Å². The average molecular weight is 83.1 g/mol. The number of hydrogen-bond donors (Lipinski definition) is 0. The minimum atomic E-state index is 1.57. The molecular formula is C4H5NO. The number of nitrogens with zero attached hydrogens (tertiary/aromatic N) is 1. The lowest BCUT2D eigenvalue weighted by Gasteiger charge is -1.96. The maximum atomic E-state index is 4.55. The number of rotatable bonds is 0. The molecular weight excluding hydrogens is 78.0 g/mol. The zero-order valence-corrected chi connectivity index (χ0v) is 3.51. The van der Waals surface area contributed by atoms with Crippen LogP contribution in [0.4, 0.5) is 0 Å². The number of hydrogen-bond acceptors (Lipinski definition) is 2. The maximum absolute atomic E-state index is 4.55. The second-order valence-corrected chi connectivity index (χ2v) is 1.11. The van der Waals surface area contributed by atoms with Crippen molar-refractivity contribution in [2.45, 2.75) is 0 Å². The predicted octanol–water partition coefficient (Wildman–Crippen LogP) is 0.416. The normalized spacial score (nSPS) is 18.5. The third-order valence-electron chi connectivity index (χ3n) is 0.549. The molecule has 2 heteroatoms. The van der Waals surface area contributed by atoms with Gasteiger partial charge in [0.1, 0.15) is 6.26 Å². The van der Waals surface area contributed by atoms with Crippen molar-refractivity contribution in [2.75, 3.05) is 7.05 Å². The van der Waals surface area contributed by atoms with Crippen molar-refractivity contribution in [3.05, 3.63) is 19.2 Å². The van der Waals surface area contributed by atoms with E-state index in [-0.39, 0.29) is 0 Å². The second kappa shape index (κ2) is 1.20. The van der Waals surface area contributed by atoms with Gasteiger partial charge in [-0.3, -0.25) is 0 Å². The first-order valence-electron chi connectivity index (χ1n) is 1.70. The molecule has 2 nitrogen and oxygen atoms in total. The Bertz CT molecular complexity index is 69.9. The van der Waals surface area contributed by atoms with Crippen LogP contribution in [0.3, 0.4) is 0 Å². The van der Waals surface area contributed by atoms with Crippen molar-refractivity contribution < 1.29 is 4.74 Å². The van der Waals surface area contributed by atoms with Crippen LogP contribution >= 0.6 is 0 Å². The van der Waals surface area contributed by atoms with E-state index in [2.05, 4.69) is 11.5 Å². The first-order chi connectivity index (χ1) is 2.89. The maximum Gasteiger partial charge on any atom is 0.314 e. The predicted molar refractivity (Wildman–Crippen MR) is 21.2 cm³/mol. The lowest BCUT2D eigenvalue weighted by Crippen LogP contribution is -1.99. The quantitative estimate of drug-likeness (QED) is 0.420. The Balaban J connectivity index is 2.38. The molecule has 0 bridgehead atoms. The topological polar surface area (TPSA) is 12.5 Å². The van der Waals surface area contributed by atoms with Crippen LogP contribution in [0.15, 0.2) is 12.5 Å². The highest BCUT2D eigenvalue weighted by Crippen LogP contribution is 1.99. The van der Waals surface area contributed by atoms with E-state index >= 15 is 0 Å². The molecule has 0 aromatic heterocycles. The van der Waals surface area contributed by atoms with Gasteiger partial charge in [-0.05, 0) is 0 Å². The molecule has 0 amide bonds. The van der Waals surface area contributed by atoms with E-state index in [4.69, 9.17) is 0 Å². The summed E-state index contributed by atoms with van der Waals surface area (Å²) in [5, 5.41) is 0. The lowest BCUT2D eigenvalue weighted by molar-refractivity contribution is 0.280. The smallest absolute Gasteiger partial charge is 0.314 e. The van der Waals surface area contributed by atoms with Crippen LogP contribution in [-0.4, -0.2) is 11.9 Å². The van der Waals surface area contributed by atoms with Crippen molar-refractivity contribution in [3.63, 3.8) is 0 Å². The van der Waals surface area contributed by atoms with Crippen LogP contribution in [0.1, 0.15) is 0 Å². The third-order valence-corrected chi connectivity index (χ3v) is 0.549. The summed E-state index contributed by atoms with van der Waals surface area (Å²) in [4.78, 5) is 1.71. The molecule has 0 unspecified atom stereocenters. The van der Waals surface area contributed by atoms with Crippen LogP contribution in [0.2, 0.25) is 0 Å². The van der Waals surface area contributed by atoms with Gasteiger partial charge in [0.2, 0.25) is 0 Å². The molecule has 0 aromatic carbocycles. The van der Waals surface area contributed by atoms with Gasteiger partial charge in [-0.1, -0.05) is 0 Å². The van der Waals surface area contributed by atoms with Crippen LogP contribution in [-0.2, 0) is 4.74 Å². The molecule has 0 aromatic rings. The second-order valence-electron chi connectivity index (χ2n) is 1.11. The molecule has 1 aliphatic heterocycles. The summed E-state index contributed by atoms with van der Waals surface area (Å²) in [5.74, 6) is 0. The highest BCUT2D eigenvalue weighted by atomic mass is 16.5. The molecule has 2 radical (unpaired) electrons. The Morgan fingerprint density at radius 2 is 2.67 bits per heavy atom. The summed E-state index contributed by atoms with van der Waals surface area (Å²) in [6.45, 7) is 2.54. The van der Waals surface area contributed by atoms with Gasteiger partial charge >= 0.3 is 6.73 Å². The highest BCUT2D eigenvalue weighted by molar-refractivity contribution is 4.82. The van der Waals surface area contributed by atoms with Gasteiger partial charge in [0.15, 0.2) is 0 Å². The Kier molecular flexibility index (Phi) is 0.708. The largest absolute Gasteiger partial charge is 0.462 e. The zero-order valence-electron chi connectivity index (χ0n) is 3.51. The van der Waals surface area contributed by atoms with Gasteiger partial charge in [0.05, 0.1) is 0 Å². The molecule has 6 heavy (non-hydrogen) atoms. The molecule has 0 N–H and O–H groups in total. The lowest BCUT2D eigenvalue weighted by atomic mass is 10.9. The van der Waals surface area contributed by atoms with Crippen molar-refractivity contribution in [1.82, 2.24) is 4.90 Å². The Hall–Kier alpha value is -0.660. The van der Waals surface area contributed by atoms with E-state index in [0.29, 0.717) is 0 Å².